The SMILES string of the molecule is CC(=O)C1CN(C(=O)OC(C)(C)C)CCC1=O.CC(=O)Cl.CC(C)(C)OC(=O)N1CC=C(N2CCCC2)CC1.CC(C)(C)OC(=O)N1CCC(=O)CC1.CN.Cc1c2c(cn1C)CCN(C(=O)OC(C)(C)C)C2.Cc1c2c(nn1C)CCNC2.Cc1nn(C)c2c1CN(C(=O)OC(C)(C)C)CC2.Cc1nn(C)c2c1CNCC2.O=O. The Morgan fingerprint density at radius 2 is 0.870 bits per heavy atom. The Balaban J connectivity index is 0.000000344. The van der Waals surface area contributed by atoms with E-state index in [1.54, 1.807) is 40.4 Å². The number of likely N-dealkylation sites (tertiary alicyclic amines) is 3. The molecular weight excluding hydrogens is 1500 g/mol. The third-order valence-corrected chi connectivity index (χ3v) is 19.0. The average Bonchev–Trinajstić information content (AvgIpc) is 1.67. The number of nitrogens with two attached hydrogens (primary N) is 1. The second kappa shape index (κ2) is 45.7. The molecule has 0 radical (unpaired) electrons. The number of Topliss-reactive ketones (excluding diaryl/α,β-unsaturated/α-hetero) is 3. The number of hydrogen-bond donors (Lipinski definition) is 3. The van der Waals surface area contributed by atoms with Crippen LogP contribution in [-0.4, -0.2) is 230 Å². The van der Waals surface area contributed by atoms with Crippen LogP contribution < -0.4 is 16.4 Å². The van der Waals surface area contributed by atoms with E-state index in [1.807, 2.05) is 132 Å². The Kier molecular flexibility index (Phi) is 39.9. The molecule has 12 heterocycles. The summed E-state index contributed by atoms with van der Waals surface area (Å²) in [6, 6.07) is 0. The second-order valence-corrected chi connectivity index (χ2v) is 34.8. The molecule has 115 heavy (non-hydrogen) atoms. The highest BCUT2D eigenvalue weighted by molar-refractivity contribution is 6.62. The first kappa shape index (κ1) is 100. The molecule has 0 bridgehead atoms. The van der Waals surface area contributed by atoms with Crippen molar-refractivity contribution in [2.24, 2.45) is 39.8 Å². The van der Waals surface area contributed by atoms with Crippen LogP contribution in [0.15, 0.2) is 18.0 Å². The molecule has 5 amide bonds. The maximum absolute atomic E-state index is 12.0. The summed E-state index contributed by atoms with van der Waals surface area (Å²) in [7, 11) is 9.53. The Bertz CT molecular complexity index is 3830. The first-order valence-corrected chi connectivity index (χ1v) is 40.2. The van der Waals surface area contributed by atoms with Crippen LogP contribution in [0, 0.1) is 43.5 Å². The minimum Gasteiger partial charge on any atom is -0.444 e. The molecule has 4 N–H and O–H groups in total. The standard InChI is InChI=1S/C14H22N2O2.C14H24N2O2.C13H21N3O2.C12H19NO4.C10H17NO3.2C8H13N3.C2H3ClO.CH5N.O2/c1-10-12-9-16(13(17)18-14(2,3)4)7-6-11(12)8-15(10)5;1-14(2,3)18-13(17)16-10-6-12(7-11-16)15-8-4-5-9-15;1-9-10-8-16(12(17)18-13(2,3)4)7-6-11(10)15(5)14-9;1-8(14)9-7-13(6-5-10(9)15)11(16)17-12(2,3)4;1-10(2,3)14-9(13)11-6-4-8(12)5-7-11;1-6-7-5-9-4-3-8(7)10-11(6)2;1-6-7-5-9-4-3-8(7)11(2)10-6;1-2(3)4;2*1-2/h8H,6-7,9H2,1-5H3;6H,4-5,7-11H2,1-3H3;6-8H2,1-5H3;9H,5-7H2,1-4H3;4-7H2,1-3H3;2*9H,3-5H2,1-2H3;1H3;2H2,1H3;. The zero-order chi connectivity index (χ0) is 87.4. The molecule has 3 saturated heterocycles. The molecule has 0 spiro atoms. The molecule has 12 rings (SSSR count). The number of nitrogens with zero attached hydrogens (tertiary/aromatic N) is 13. The van der Waals surface area contributed by atoms with Gasteiger partial charge in [-0.05, 0) is 194 Å². The van der Waals surface area contributed by atoms with Gasteiger partial charge in [0.25, 0.3) is 0 Å². The summed E-state index contributed by atoms with van der Waals surface area (Å²) < 4.78 is 34.6. The lowest BCUT2D eigenvalue weighted by atomic mass is 9.93. The Labute approximate surface area is 687 Å². The lowest BCUT2D eigenvalue weighted by Crippen LogP contribution is -2.48. The van der Waals surface area contributed by atoms with Crippen LogP contribution in [0.5, 0.6) is 0 Å². The molecule has 0 saturated carbocycles. The van der Waals surface area contributed by atoms with Crippen LogP contribution in [0.1, 0.15) is 224 Å². The van der Waals surface area contributed by atoms with Gasteiger partial charge < -0.3 is 74.0 Å². The summed E-state index contributed by atoms with van der Waals surface area (Å²) in [5.74, 6) is -0.735. The van der Waals surface area contributed by atoms with E-state index in [9.17, 15) is 43.2 Å². The summed E-state index contributed by atoms with van der Waals surface area (Å²) in [5.41, 5.74) is 18.8. The number of rotatable bonds is 2. The summed E-state index contributed by atoms with van der Waals surface area (Å²) in [6.07, 6.45) is 11.6. The predicted octanol–water partition coefficient (Wildman–Crippen LogP) is 11.4. The third kappa shape index (κ3) is 34.5. The van der Waals surface area contributed by atoms with E-state index in [2.05, 4.69) is 85.8 Å². The van der Waals surface area contributed by atoms with E-state index < -0.39 is 40.0 Å². The van der Waals surface area contributed by atoms with Crippen molar-refractivity contribution in [2.75, 3.05) is 85.6 Å². The molecule has 3 fully saturated rings. The van der Waals surface area contributed by atoms with Gasteiger partial charge in [-0.2, -0.15) is 15.3 Å². The van der Waals surface area contributed by atoms with E-state index in [4.69, 9.17) is 33.6 Å². The molecule has 648 valence electrons. The van der Waals surface area contributed by atoms with Crippen LogP contribution in [0.25, 0.3) is 0 Å². The maximum atomic E-state index is 12.0. The number of nitrogens with one attached hydrogen (secondary N) is 2. The van der Waals surface area contributed by atoms with Gasteiger partial charge >= 0.3 is 30.5 Å². The zero-order valence-electron chi connectivity index (χ0n) is 73.9. The fraction of sp³-hybridized carbons (Fsp3) is 0.707. The number of halogens is 1. The smallest absolute Gasteiger partial charge is 0.410 e. The van der Waals surface area contributed by atoms with Crippen LogP contribution >= 0.6 is 11.6 Å². The van der Waals surface area contributed by atoms with Crippen molar-refractivity contribution in [3.63, 3.8) is 0 Å². The van der Waals surface area contributed by atoms with Crippen molar-refractivity contribution >= 4 is 64.7 Å². The second-order valence-electron chi connectivity index (χ2n) is 34.2. The fourth-order valence-electron chi connectivity index (χ4n) is 13.2. The first-order chi connectivity index (χ1) is 53.4. The molecule has 0 aliphatic carbocycles. The topological polar surface area (TPSA) is 362 Å². The van der Waals surface area contributed by atoms with Crippen molar-refractivity contribution in [3.05, 3.63) is 95.6 Å². The normalized spacial score (nSPS) is 17.0. The highest BCUT2D eigenvalue weighted by atomic mass is 35.5. The fourth-order valence-corrected chi connectivity index (χ4v) is 13.2. The number of hydrogen-bond acceptors (Lipinski definition) is 23. The van der Waals surface area contributed by atoms with E-state index in [-0.39, 0.29) is 59.9 Å². The van der Waals surface area contributed by atoms with Crippen molar-refractivity contribution in [1.82, 2.24) is 73.9 Å². The highest BCUT2D eigenvalue weighted by Crippen LogP contribution is 2.28. The van der Waals surface area contributed by atoms with E-state index >= 15 is 0 Å². The molecule has 8 aliphatic heterocycles. The summed E-state index contributed by atoms with van der Waals surface area (Å²) in [6.45, 7) is 51.0. The van der Waals surface area contributed by atoms with Gasteiger partial charge in [-0.1, -0.05) is 0 Å². The lowest BCUT2D eigenvalue weighted by Gasteiger charge is -2.32. The summed E-state index contributed by atoms with van der Waals surface area (Å²) >= 11 is 4.64. The van der Waals surface area contributed by atoms with E-state index in [0.717, 1.165) is 82.6 Å². The summed E-state index contributed by atoms with van der Waals surface area (Å²) in [5, 5.41) is 19.5. The van der Waals surface area contributed by atoms with E-state index in [1.165, 1.54) is 114 Å². The van der Waals surface area contributed by atoms with Gasteiger partial charge in [0.2, 0.25) is 5.24 Å². The molecule has 4 aromatic heterocycles. The predicted molar refractivity (Wildman–Crippen MR) is 444 cm³/mol. The molecule has 33 heteroatoms. The van der Waals surface area contributed by atoms with Crippen LogP contribution in [0.4, 0.5) is 24.0 Å². The van der Waals surface area contributed by atoms with Crippen molar-refractivity contribution in [2.45, 2.75) is 264 Å². The zero-order valence-corrected chi connectivity index (χ0v) is 74.7. The number of carbonyl (C=O) groups is 9. The Morgan fingerprint density at radius 3 is 1.32 bits per heavy atom. The Morgan fingerprint density at radius 1 is 0.470 bits per heavy atom. The number of piperidine rings is 2. The number of carbonyl (C=O) groups excluding carboxylic acids is 9. The van der Waals surface area contributed by atoms with Crippen LogP contribution in [0.2, 0.25) is 0 Å². The molecular formula is C82H137ClN16O16. The minimum absolute atomic E-state index is 0.0858. The van der Waals surface area contributed by atoms with Gasteiger partial charge in [0.1, 0.15) is 45.4 Å². The van der Waals surface area contributed by atoms with Crippen LogP contribution in [0.3, 0.4) is 0 Å². The van der Waals surface area contributed by atoms with Gasteiger partial charge in [0.15, 0.2) is 0 Å². The summed E-state index contributed by atoms with van der Waals surface area (Å²) in [4.78, 5) is 127. The van der Waals surface area contributed by atoms with Gasteiger partial charge in [0.05, 0.1) is 36.1 Å². The van der Waals surface area contributed by atoms with Gasteiger partial charge in [0, 0.05) is 233 Å². The average molecular weight is 1640 g/mol. The molecule has 32 nitrogen and oxygen atoms in total. The molecule has 0 aromatic carbocycles. The largest absolute Gasteiger partial charge is 0.444 e. The van der Waals surface area contributed by atoms with Gasteiger partial charge in [-0.15, -0.1) is 0 Å². The monoisotopic (exact) mass is 1640 g/mol. The van der Waals surface area contributed by atoms with Gasteiger partial charge in [-0.3, -0.25) is 33.2 Å². The van der Waals surface area contributed by atoms with Crippen LogP contribution in [-0.2, 0) is 123 Å². The van der Waals surface area contributed by atoms with Gasteiger partial charge in [-0.25, -0.2) is 24.0 Å². The van der Waals surface area contributed by atoms with Crippen molar-refractivity contribution < 1.29 is 66.8 Å². The maximum Gasteiger partial charge on any atom is 0.410 e. The number of fused-ring (bicyclic) bond motifs is 4. The molecule has 1 atom stereocenters. The number of aryl methyl sites for hydroxylation is 6. The Hall–Kier alpha value is -8.75. The molecule has 1 unspecified atom stereocenters. The first-order valence-electron chi connectivity index (χ1n) is 39.8. The third-order valence-electron chi connectivity index (χ3n) is 19.0. The minimum atomic E-state index is -0.684. The number of ketones is 3. The lowest BCUT2D eigenvalue weighted by molar-refractivity contribution is -0.134. The van der Waals surface area contributed by atoms with E-state index in [0.29, 0.717) is 58.7 Å². The number of aromatic nitrogens is 7. The molecule has 8 aliphatic rings. The molecule has 4 aromatic rings. The number of amides is 5. The number of ether oxygens (including phenoxy) is 5. The highest BCUT2D eigenvalue weighted by Gasteiger charge is 2.36. The van der Waals surface area contributed by atoms with Crippen molar-refractivity contribution in [1.29, 1.82) is 0 Å². The quantitative estimate of drug-likeness (QED) is 0.0953. The van der Waals surface area contributed by atoms with Crippen molar-refractivity contribution in [3.8, 4) is 0 Å².